The maximum atomic E-state index is 12.6. The molecule has 0 saturated heterocycles. The molecule has 0 aromatic heterocycles. The summed E-state index contributed by atoms with van der Waals surface area (Å²) in [6.07, 6.45) is 4.29. The zero-order chi connectivity index (χ0) is 27.2. The summed E-state index contributed by atoms with van der Waals surface area (Å²) in [4.78, 5) is 14.6. The zero-order valence-electron chi connectivity index (χ0n) is 22.6. The molecule has 1 unspecified atom stereocenters. The van der Waals surface area contributed by atoms with Gasteiger partial charge in [-0.1, -0.05) is 12.1 Å². The second kappa shape index (κ2) is 11.8. The first-order chi connectivity index (χ1) is 18.4. The van der Waals surface area contributed by atoms with E-state index in [1.807, 2.05) is 55.4 Å². The molecular formula is C30H33NO7. The SMILES string of the molecule is COc1cc(OC(=O)/C=C/c2ccc(N(C)C)cc2)cc2c1CCC(c1cc(OC)c(OC)c(OC)c1)O2. The average molecular weight is 520 g/mol. The Labute approximate surface area is 223 Å². The Kier molecular flexibility index (Phi) is 8.31. The van der Waals surface area contributed by atoms with Gasteiger partial charge in [0.2, 0.25) is 5.75 Å². The Balaban J connectivity index is 1.54. The first-order valence-corrected chi connectivity index (χ1v) is 12.2. The highest BCUT2D eigenvalue weighted by atomic mass is 16.5. The third-order valence-corrected chi connectivity index (χ3v) is 6.39. The Hall–Kier alpha value is -4.33. The molecule has 200 valence electrons. The van der Waals surface area contributed by atoms with Crippen molar-refractivity contribution in [3.05, 3.63) is 71.3 Å². The largest absolute Gasteiger partial charge is 0.496 e. The molecule has 0 aliphatic carbocycles. The van der Waals surface area contributed by atoms with E-state index in [-0.39, 0.29) is 6.10 Å². The van der Waals surface area contributed by atoms with Gasteiger partial charge in [-0.2, -0.15) is 0 Å². The number of fused-ring (bicyclic) bond motifs is 1. The van der Waals surface area contributed by atoms with Crippen LogP contribution in [0.5, 0.6) is 34.5 Å². The van der Waals surface area contributed by atoms with E-state index in [0.29, 0.717) is 34.5 Å². The Morgan fingerprint density at radius 1 is 0.895 bits per heavy atom. The summed E-state index contributed by atoms with van der Waals surface area (Å²) < 4.78 is 34.0. The van der Waals surface area contributed by atoms with Gasteiger partial charge < -0.3 is 33.3 Å². The van der Waals surface area contributed by atoms with E-state index in [4.69, 9.17) is 28.4 Å². The number of esters is 1. The first kappa shape index (κ1) is 26.7. The first-order valence-electron chi connectivity index (χ1n) is 12.2. The predicted molar refractivity (Wildman–Crippen MR) is 146 cm³/mol. The predicted octanol–water partition coefficient (Wildman–Crippen LogP) is 5.47. The van der Waals surface area contributed by atoms with Crippen molar-refractivity contribution in [1.82, 2.24) is 0 Å². The molecule has 1 atom stereocenters. The third-order valence-electron chi connectivity index (χ3n) is 6.39. The minimum Gasteiger partial charge on any atom is -0.496 e. The van der Waals surface area contributed by atoms with Gasteiger partial charge in [-0.25, -0.2) is 4.79 Å². The number of anilines is 1. The lowest BCUT2D eigenvalue weighted by Crippen LogP contribution is -2.16. The van der Waals surface area contributed by atoms with Crippen molar-refractivity contribution in [2.45, 2.75) is 18.9 Å². The van der Waals surface area contributed by atoms with E-state index in [2.05, 4.69) is 0 Å². The van der Waals surface area contributed by atoms with Crippen LogP contribution < -0.4 is 33.3 Å². The monoisotopic (exact) mass is 519 g/mol. The van der Waals surface area contributed by atoms with Crippen LogP contribution >= 0.6 is 0 Å². The zero-order valence-corrected chi connectivity index (χ0v) is 22.6. The van der Waals surface area contributed by atoms with Gasteiger partial charge in [-0.15, -0.1) is 0 Å². The standard InChI is InChI=1S/C30H33NO7/c1-31(2)21-10-7-19(8-11-21)9-14-29(32)37-22-17-25(33-3)23-12-13-24(38-26(23)18-22)20-15-27(34-4)30(36-6)28(16-20)35-5/h7-11,14-18,24H,12-13H2,1-6H3/b14-9+. The van der Waals surface area contributed by atoms with Crippen LogP contribution in [0.15, 0.2) is 54.6 Å². The summed E-state index contributed by atoms with van der Waals surface area (Å²) in [5, 5.41) is 0. The molecule has 8 heteroatoms. The molecule has 1 aliphatic rings. The summed E-state index contributed by atoms with van der Waals surface area (Å²) >= 11 is 0. The van der Waals surface area contributed by atoms with E-state index >= 15 is 0 Å². The van der Waals surface area contributed by atoms with E-state index in [9.17, 15) is 4.79 Å². The number of rotatable bonds is 9. The highest BCUT2D eigenvalue weighted by molar-refractivity contribution is 5.89. The summed E-state index contributed by atoms with van der Waals surface area (Å²) in [5.74, 6) is 2.67. The molecular weight excluding hydrogens is 486 g/mol. The number of nitrogens with zero attached hydrogens (tertiary/aromatic N) is 1. The molecule has 0 spiro atoms. The fourth-order valence-corrected chi connectivity index (χ4v) is 4.40. The fourth-order valence-electron chi connectivity index (χ4n) is 4.40. The lowest BCUT2D eigenvalue weighted by Gasteiger charge is -2.28. The van der Waals surface area contributed by atoms with Gasteiger partial charge in [0.1, 0.15) is 23.4 Å². The van der Waals surface area contributed by atoms with Gasteiger partial charge in [-0.05, 0) is 54.3 Å². The third kappa shape index (κ3) is 5.80. The molecule has 1 aliphatic heterocycles. The quantitative estimate of drug-likeness (QED) is 0.209. The van der Waals surface area contributed by atoms with Crippen LogP contribution in [0.3, 0.4) is 0 Å². The van der Waals surface area contributed by atoms with Gasteiger partial charge in [-0.3, -0.25) is 0 Å². The van der Waals surface area contributed by atoms with E-state index < -0.39 is 5.97 Å². The molecule has 3 aromatic rings. The average Bonchev–Trinajstić information content (AvgIpc) is 2.94. The summed E-state index contributed by atoms with van der Waals surface area (Å²) in [6.45, 7) is 0. The molecule has 0 radical (unpaired) electrons. The van der Waals surface area contributed by atoms with Crippen molar-refractivity contribution in [2.75, 3.05) is 47.4 Å². The van der Waals surface area contributed by atoms with Crippen LogP contribution in [0.2, 0.25) is 0 Å². The summed E-state index contributed by atoms with van der Waals surface area (Å²) in [5.41, 5.74) is 3.78. The van der Waals surface area contributed by atoms with Gasteiger partial charge in [0.15, 0.2) is 11.5 Å². The van der Waals surface area contributed by atoms with Crippen molar-refractivity contribution in [3.8, 4) is 34.5 Å². The van der Waals surface area contributed by atoms with Crippen molar-refractivity contribution in [3.63, 3.8) is 0 Å². The molecule has 0 amide bonds. The van der Waals surface area contributed by atoms with Crippen LogP contribution in [0.25, 0.3) is 6.08 Å². The number of methoxy groups -OCH3 is 4. The molecule has 38 heavy (non-hydrogen) atoms. The number of benzene rings is 3. The molecule has 0 N–H and O–H groups in total. The normalized spacial score (nSPS) is 14.3. The highest BCUT2D eigenvalue weighted by Crippen LogP contribution is 2.45. The molecule has 0 fully saturated rings. The molecule has 0 saturated carbocycles. The molecule has 3 aromatic carbocycles. The van der Waals surface area contributed by atoms with E-state index in [1.54, 1.807) is 46.6 Å². The number of hydrogen-bond acceptors (Lipinski definition) is 8. The van der Waals surface area contributed by atoms with Crippen LogP contribution in [0.1, 0.15) is 29.2 Å². The second-order valence-corrected chi connectivity index (χ2v) is 8.95. The molecule has 0 bridgehead atoms. The summed E-state index contributed by atoms with van der Waals surface area (Å²) in [7, 11) is 10.3. The number of ether oxygens (including phenoxy) is 6. The maximum Gasteiger partial charge on any atom is 0.336 e. The molecule has 1 heterocycles. The lowest BCUT2D eigenvalue weighted by molar-refractivity contribution is -0.128. The second-order valence-electron chi connectivity index (χ2n) is 8.95. The van der Waals surface area contributed by atoms with Crippen LogP contribution in [0.4, 0.5) is 5.69 Å². The van der Waals surface area contributed by atoms with Crippen LogP contribution in [0, 0.1) is 0 Å². The number of hydrogen-bond donors (Lipinski definition) is 0. The van der Waals surface area contributed by atoms with Crippen LogP contribution in [-0.2, 0) is 11.2 Å². The van der Waals surface area contributed by atoms with Crippen LogP contribution in [-0.4, -0.2) is 48.5 Å². The van der Waals surface area contributed by atoms with Crippen molar-refractivity contribution < 1.29 is 33.2 Å². The topological polar surface area (TPSA) is 75.7 Å². The van der Waals surface area contributed by atoms with Crippen molar-refractivity contribution in [1.29, 1.82) is 0 Å². The number of carbonyl (C=O) groups is 1. The minimum atomic E-state index is -0.499. The van der Waals surface area contributed by atoms with E-state index in [1.165, 1.54) is 6.08 Å². The van der Waals surface area contributed by atoms with Gasteiger partial charge >= 0.3 is 5.97 Å². The van der Waals surface area contributed by atoms with Crippen molar-refractivity contribution >= 4 is 17.7 Å². The fraction of sp³-hybridized carbons (Fsp3) is 0.300. The lowest BCUT2D eigenvalue weighted by atomic mass is 9.96. The highest BCUT2D eigenvalue weighted by Gasteiger charge is 2.27. The van der Waals surface area contributed by atoms with Gasteiger partial charge in [0.05, 0.1) is 28.4 Å². The smallest absolute Gasteiger partial charge is 0.336 e. The summed E-state index contributed by atoms with van der Waals surface area (Å²) in [6, 6.07) is 15.1. The molecule has 8 nitrogen and oxygen atoms in total. The minimum absolute atomic E-state index is 0.267. The number of carbonyl (C=O) groups excluding carboxylic acids is 1. The van der Waals surface area contributed by atoms with Gasteiger partial charge in [0, 0.05) is 43.6 Å². The van der Waals surface area contributed by atoms with Crippen molar-refractivity contribution in [2.24, 2.45) is 0 Å². The Bertz CT molecular complexity index is 1290. The van der Waals surface area contributed by atoms with E-state index in [0.717, 1.165) is 35.2 Å². The maximum absolute atomic E-state index is 12.6. The Morgan fingerprint density at radius 3 is 2.13 bits per heavy atom. The van der Waals surface area contributed by atoms with Gasteiger partial charge in [0.25, 0.3) is 0 Å². The molecule has 4 rings (SSSR count). The Morgan fingerprint density at radius 2 is 1.55 bits per heavy atom.